The van der Waals surface area contributed by atoms with E-state index in [2.05, 4.69) is 0 Å². The first-order valence-corrected chi connectivity index (χ1v) is 6.66. The summed E-state index contributed by atoms with van der Waals surface area (Å²) < 4.78 is 5.72. The summed E-state index contributed by atoms with van der Waals surface area (Å²) in [6.45, 7) is 2.59. The fourth-order valence-electron chi connectivity index (χ4n) is 2.49. The molecule has 0 radical (unpaired) electrons. The Morgan fingerprint density at radius 1 is 1.24 bits per heavy atom. The second-order valence-electron chi connectivity index (χ2n) is 5.03. The van der Waals surface area contributed by atoms with Gasteiger partial charge in [0.05, 0.1) is 12.7 Å². The number of benzene rings is 1. The average molecular weight is 234 g/mol. The Morgan fingerprint density at radius 3 is 2.47 bits per heavy atom. The van der Waals surface area contributed by atoms with Crippen molar-refractivity contribution in [2.45, 2.75) is 45.1 Å². The van der Waals surface area contributed by atoms with Crippen LogP contribution in [0.4, 0.5) is 0 Å². The van der Waals surface area contributed by atoms with Crippen LogP contribution in [0.5, 0.6) is 5.75 Å². The first-order valence-electron chi connectivity index (χ1n) is 6.66. The molecule has 1 saturated carbocycles. The standard InChI is InChI=1S/C15H22O2/c1-12(16)14-6-8-15(9-7-14)17-11-10-13-4-2-3-5-13/h6-9,12-13,16H,2-5,10-11H2,1H3. The van der Waals surface area contributed by atoms with E-state index < -0.39 is 6.10 Å². The Bertz CT molecular complexity index is 323. The van der Waals surface area contributed by atoms with Crippen LogP contribution in [0, 0.1) is 5.92 Å². The van der Waals surface area contributed by atoms with Crippen LogP contribution in [-0.4, -0.2) is 11.7 Å². The van der Waals surface area contributed by atoms with E-state index in [4.69, 9.17) is 4.74 Å². The Kier molecular flexibility index (Phi) is 4.43. The van der Waals surface area contributed by atoms with Gasteiger partial charge in [-0.25, -0.2) is 0 Å². The van der Waals surface area contributed by atoms with Crippen LogP contribution in [0.2, 0.25) is 0 Å². The molecule has 1 fully saturated rings. The third-order valence-corrected chi connectivity index (χ3v) is 3.63. The summed E-state index contributed by atoms with van der Waals surface area (Å²) in [5.74, 6) is 1.79. The second kappa shape index (κ2) is 6.06. The van der Waals surface area contributed by atoms with E-state index >= 15 is 0 Å². The van der Waals surface area contributed by atoms with Crippen molar-refractivity contribution in [1.82, 2.24) is 0 Å². The van der Waals surface area contributed by atoms with Crippen LogP contribution in [0.15, 0.2) is 24.3 Å². The maximum atomic E-state index is 9.39. The minimum atomic E-state index is -0.400. The highest BCUT2D eigenvalue weighted by Crippen LogP contribution is 2.27. The highest BCUT2D eigenvalue weighted by molar-refractivity contribution is 5.28. The molecule has 0 saturated heterocycles. The van der Waals surface area contributed by atoms with Gasteiger partial charge in [-0.15, -0.1) is 0 Å². The monoisotopic (exact) mass is 234 g/mol. The van der Waals surface area contributed by atoms with Gasteiger partial charge in [0, 0.05) is 0 Å². The zero-order chi connectivity index (χ0) is 12.1. The lowest BCUT2D eigenvalue weighted by atomic mass is 10.1. The SMILES string of the molecule is CC(O)c1ccc(OCCC2CCCC2)cc1. The largest absolute Gasteiger partial charge is 0.494 e. The van der Waals surface area contributed by atoms with Gasteiger partial charge in [-0.3, -0.25) is 0 Å². The third kappa shape index (κ3) is 3.74. The minimum Gasteiger partial charge on any atom is -0.494 e. The maximum Gasteiger partial charge on any atom is 0.119 e. The van der Waals surface area contributed by atoms with E-state index in [0.717, 1.165) is 23.8 Å². The summed E-state index contributed by atoms with van der Waals surface area (Å²) >= 11 is 0. The van der Waals surface area contributed by atoms with Crippen molar-refractivity contribution in [1.29, 1.82) is 0 Å². The van der Waals surface area contributed by atoms with Gasteiger partial charge < -0.3 is 9.84 Å². The molecule has 0 heterocycles. The van der Waals surface area contributed by atoms with Crippen LogP contribution >= 0.6 is 0 Å². The molecule has 0 amide bonds. The number of hydrogen-bond acceptors (Lipinski definition) is 2. The number of aliphatic hydroxyl groups excluding tert-OH is 1. The molecule has 2 rings (SSSR count). The quantitative estimate of drug-likeness (QED) is 0.841. The number of aliphatic hydroxyl groups is 1. The molecule has 2 heteroatoms. The van der Waals surface area contributed by atoms with Gasteiger partial charge in [-0.05, 0) is 37.0 Å². The van der Waals surface area contributed by atoms with Crippen molar-refractivity contribution in [2.24, 2.45) is 5.92 Å². The molecule has 1 atom stereocenters. The zero-order valence-corrected chi connectivity index (χ0v) is 10.6. The molecule has 0 aromatic heterocycles. The van der Waals surface area contributed by atoms with Gasteiger partial charge in [-0.1, -0.05) is 37.8 Å². The molecular weight excluding hydrogens is 212 g/mol. The summed E-state index contributed by atoms with van der Waals surface area (Å²) in [5, 5.41) is 9.39. The van der Waals surface area contributed by atoms with Gasteiger partial charge >= 0.3 is 0 Å². The second-order valence-corrected chi connectivity index (χ2v) is 5.03. The van der Waals surface area contributed by atoms with Crippen molar-refractivity contribution in [3.63, 3.8) is 0 Å². The topological polar surface area (TPSA) is 29.5 Å². The van der Waals surface area contributed by atoms with Gasteiger partial charge in [0.1, 0.15) is 5.75 Å². The third-order valence-electron chi connectivity index (χ3n) is 3.63. The molecule has 2 nitrogen and oxygen atoms in total. The van der Waals surface area contributed by atoms with Gasteiger partial charge in [0.15, 0.2) is 0 Å². The van der Waals surface area contributed by atoms with E-state index in [0.29, 0.717) is 0 Å². The molecule has 0 aliphatic heterocycles. The van der Waals surface area contributed by atoms with E-state index in [-0.39, 0.29) is 0 Å². The Balaban J connectivity index is 1.74. The van der Waals surface area contributed by atoms with E-state index in [1.807, 2.05) is 24.3 Å². The van der Waals surface area contributed by atoms with E-state index in [1.165, 1.54) is 32.1 Å². The smallest absolute Gasteiger partial charge is 0.119 e. The Hall–Kier alpha value is -1.02. The molecular formula is C15H22O2. The average Bonchev–Trinajstić information content (AvgIpc) is 2.83. The van der Waals surface area contributed by atoms with E-state index in [9.17, 15) is 5.11 Å². The number of rotatable bonds is 5. The number of ether oxygens (including phenoxy) is 1. The van der Waals surface area contributed by atoms with Crippen molar-refractivity contribution in [2.75, 3.05) is 6.61 Å². The summed E-state index contributed by atoms with van der Waals surface area (Å²) in [4.78, 5) is 0. The molecule has 1 aliphatic rings. The lowest BCUT2D eigenvalue weighted by Crippen LogP contribution is -2.03. The van der Waals surface area contributed by atoms with Gasteiger partial charge in [0.2, 0.25) is 0 Å². The maximum absolute atomic E-state index is 9.39. The molecule has 1 aromatic rings. The Labute approximate surface area is 104 Å². The van der Waals surface area contributed by atoms with Crippen LogP contribution in [0.3, 0.4) is 0 Å². The fraction of sp³-hybridized carbons (Fsp3) is 0.600. The van der Waals surface area contributed by atoms with Crippen molar-refractivity contribution >= 4 is 0 Å². The highest BCUT2D eigenvalue weighted by atomic mass is 16.5. The van der Waals surface area contributed by atoms with Crippen molar-refractivity contribution in [3.05, 3.63) is 29.8 Å². The number of hydrogen-bond donors (Lipinski definition) is 1. The molecule has 0 spiro atoms. The molecule has 0 bridgehead atoms. The van der Waals surface area contributed by atoms with Crippen LogP contribution < -0.4 is 4.74 Å². The molecule has 1 unspecified atom stereocenters. The fourth-order valence-corrected chi connectivity index (χ4v) is 2.49. The van der Waals surface area contributed by atoms with Gasteiger partial charge in [-0.2, -0.15) is 0 Å². The summed E-state index contributed by atoms with van der Waals surface area (Å²) in [6.07, 6.45) is 6.33. The molecule has 1 aromatic carbocycles. The van der Waals surface area contributed by atoms with Crippen LogP contribution in [0.1, 0.15) is 50.7 Å². The van der Waals surface area contributed by atoms with Crippen LogP contribution in [0.25, 0.3) is 0 Å². The summed E-state index contributed by atoms with van der Waals surface area (Å²) in [7, 11) is 0. The van der Waals surface area contributed by atoms with Gasteiger partial charge in [0.25, 0.3) is 0 Å². The minimum absolute atomic E-state index is 0.400. The highest BCUT2D eigenvalue weighted by Gasteiger charge is 2.14. The molecule has 17 heavy (non-hydrogen) atoms. The van der Waals surface area contributed by atoms with Crippen molar-refractivity contribution < 1.29 is 9.84 Å². The molecule has 1 N–H and O–H groups in total. The predicted octanol–water partition coefficient (Wildman–Crippen LogP) is 3.70. The molecule has 94 valence electrons. The molecule has 1 aliphatic carbocycles. The first-order chi connectivity index (χ1) is 8.25. The lowest BCUT2D eigenvalue weighted by molar-refractivity contribution is 0.199. The summed E-state index contributed by atoms with van der Waals surface area (Å²) in [5.41, 5.74) is 0.938. The summed E-state index contributed by atoms with van der Waals surface area (Å²) in [6, 6.07) is 7.73. The first kappa shape index (κ1) is 12.4. The Morgan fingerprint density at radius 2 is 1.88 bits per heavy atom. The zero-order valence-electron chi connectivity index (χ0n) is 10.6. The lowest BCUT2D eigenvalue weighted by Gasteiger charge is -2.11. The predicted molar refractivity (Wildman–Crippen MR) is 69.1 cm³/mol. The van der Waals surface area contributed by atoms with Crippen LogP contribution in [-0.2, 0) is 0 Å². The van der Waals surface area contributed by atoms with Crippen molar-refractivity contribution in [3.8, 4) is 5.75 Å². The van der Waals surface area contributed by atoms with E-state index in [1.54, 1.807) is 6.92 Å². The normalized spacial score (nSPS) is 18.2.